The molecule has 0 fully saturated rings. The third kappa shape index (κ3) is 4.59. The molecule has 0 atom stereocenters. The standard InChI is InChI=1S/C25H23NO7/c1-14-9-19(32-23(14)25(28)29-4)12-31-24(27)20-10-17-7-5-6-8-18(17)11-22(20)30-13-21-15(2)26-33-16(21)3/h5-11H,12-13H2,1-4H3. The van der Waals surface area contributed by atoms with E-state index >= 15 is 0 Å². The van der Waals surface area contributed by atoms with Gasteiger partial charge in [0.05, 0.1) is 18.4 Å². The lowest BCUT2D eigenvalue weighted by atomic mass is 10.1. The predicted octanol–water partition coefficient (Wildman–Crippen LogP) is 5.07. The van der Waals surface area contributed by atoms with Crippen molar-refractivity contribution in [2.45, 2.75) is 34.0 Å². The van der Waals surface area contributed by atoms with Crippen molar-refractivity contribution in [3.8, 4) is 5.75 Å². The number of furan rings is 1. The number of esters is 2. The Balaban J connectivity index is 1.58. The number of methoxy groups -OCH3 is 1. The summed E-state index contributed by atoms with van der Waals surface area (Å²) in [5.41, 5.74) is 2.43. The number of fused-ring (bicyclic) bond motifs is 1. The van der Waals surface area contributed by atoms with Crippen LogP contribution >= 0.6 is 0 Å². The van der Waals surface area contributed by atoms with Crippen LogP contribution < -0.4 is 4.74 Å². The Hall–Kier alpha value is -4.07. The van der Waals surface area contributed by atoms with Crippen molar-refractivity contribution in [1.29, 1.82) is 0 Å². The fourth-order valence-corrected chi connectivity index (χ4v) is 3.49. The van der Waals surface area contributed by atoms with Gasteiger partial charge in [-0.05, 0) is 49.7 Å². The van der Waals surface area contributed by atoms with Crippen molar-refractivity contribution >= 4 is 22.7 Å². The molecule has 170 valence electrons. The zero-order valence-electron chi connectivity index (χ0n) is 18.8. The van der Waals surface area contributed by atoms with Gasteiger partial charge < -0.3 is 23.2 Å². The van der Waals surface area contributed by atoms with Crippen LogP contribution in [0.3, 0.4) is 0 Å². The molecule has 4 rings (SSSR count). The summed E-state index contributed by atoms with van der Waals surface area (Å²) in [4.78, 5) is 24.7. The Morgan fingerprint density at radius 1 is 0.970 bits per heavy atom. The van der Waals surface area contributed by atoms with Gasteiger partial charge in [0, 0.05) is 5.56 Å². The molecule has 2 aromatic heterocycles. The summed E-state index contributed by atoms with van der Waals surface area (Å²) < 4.78 is 26.8. The maximum atomic E-state index is 13.0. The van der Waals surface area contributed by atoms with E-state index in [1.165, 1.54) is 7.11 Å². The molecular weight excluding hydrogens is 426 g/mol. The van der Waals surface area contributed by atoms with E-state index in [1.807, 2.05) is 38.1 Å². The lowest BCUT2D eigenvalue weighted by Crippen LogP contribution is -2.09. The zero-order valence-corrected chi connectivity index (χ0v) is 18.8. The van der Waals surface area contributed by atoms with E-state index in [9.17, 15) is 9.59 Å². The van der Waals surface area contributed by atoms with Crippen LogP contribution in [-0.2, 0) is 22.7 Å². The van der Waals surface area contributed by atoms with Gasteiger partial charge in [0.1, 0.15) is 36.0 Å². The fourth-order valence-electron chi connectivity index (χ4n) is 3.49. The Bertz CT molecular complexity index is 1310. The third-order valence-electron chi connectivity index (χ3n) is 5.31. The minimum Gasteiger partial charge on any atom is -0.488 e. The molecule has 33 heavy (non-hydrogen) atoms. The second-order valence-electron chi connectivity index (χ2n) is 7.58. The van der Waals surface area contributed by atoms with E-state index < -0.39 is 11.9 Å². The molecule has 0 saturated carbocycles. The number of carbonyl (C=O) groups is 2. The molecule has 8 nitrogen and oxygen atoms in total. The first-order valence-electron chi connectivity index (χ1n) is 10.3. The van der Waals surface area contributed by atoms with Gasteiger partial charge in [-0.1, -0.05) is 29.4 Å². The lowest BCUT2D eigenvalue weighted by Gasteiger charge is -2.13. The average molecular weight is 449 g/mol. The fraction of sp³-hybridized carbons (Fsp3) is 0.240. The number of carbonyl (C=O) groups excluding carboxylic acids is 2. The topological polar surface area (TPSA) is 101 Å². The van der Waals surface area contributed by atoms with Crippen molar-refractivity contribution in [3.05, 3.63) is 82.1 Å². The summed E-state index contributed by atoms with van der Waals surface area (Å²) in [5.74, 6) is 0.285. The smallest absolute Gasteiger partial charge is 0.374 e. The SMILES string of the molecule is COC(=O)c1oc(COC(=O)c2cc3ccccc3cc2OCc2c(C)noc2C)cc1C. The number of aromatic nitrogens is 1. The van der Waals surface area contributed by atoms with Crippen LogP contribution in [0.15, 0.2) is 51.4 Å². The van der Waals surface area contributed by atoms with Crippen LogP contribution in [0.2, 0.25) is 0 Å². The van der Waals surface area contributed by atoms with Crippen LogP contribution in [0.25, 0.3) is 10.8 Å². The van der Waals surface area contributed by atoms with Crippen molar-refractivity contribution in [2.24, 2.45) is 0 Å². The van der Waals surface area contributed by atoms with Crippen molar-refractivity contribution < 1.29 is 32.7 Å². The van der Waals surface area contributed by atoms with Gasteiger partial charge in [0.25, 0.3) is 0 Å². The maximum absolute atomic E-state index is 13.0. The van der Waals surface area contributed by atoms with E-state index in [-0.39, 0.29) is 24.5 Å². The van der Waals surface area contributed by atoms with E-state index in [0.717, 1.165) is 22.0 Å². The van der Waals surface area contributed by atoms with Crippen LogP contribution in [-0.4, -0.2) is 24.2 Å². The second-order valence-corrected chi connectivity index (χ2v) is 7.58. The van der Waals surface area contributed by atoms with Gasteiger partial charge in [-0.15, -0.1) is 0 Å². The highest BCUT2D eigenvalue weighted by atomic mass is 16.6. The highest BCUT2D eigenvalue weighted by Crippen LogP contribution is 2.29. The first kappa shape index (κ1) is 22.1. The second kappa shape index (κ2) is 9.20. The maximum Gasteiger partial charge on any atom is 0.374 e. The molecule has 0 aliphatic carbocycles. The Kier molecular flexibility index (Phi) is 6.17. The zero-order chi connectivity index (χ0) is 23.5. The first-order valence-corrected chi connectivity index (χ1v) is 10.3. The number of hydrogen-bond donors (Lipinski definition) is 0. The molecule has 8 heteroatoms. The molecule has 0 spiro atoms. The summed E-state index contributed by atoms with van der Waals surface area (Å²) in [6.07, 6.45) is 0. The molecule has 0 saturated heterocycles. The molecule has 0 unspecified atom stereocenters. The molecule has 0 amide bonds. The summed E-state index contributed by atoms with van der Waals surface area (Å²) in [7, 11) is 1.27. The molecule has 0 aliphatic heterocycles. The normalized spacial score (nSPS) is 10.9. The lowest BCUT2D eigenvalue weighted by molar-refractivity contribution is 0.0434. The van der Waals surface area contributed by atoms with Gasteiger partial charge in [0.2, 0.25) is 5.76 Å². The predicted molar refractivity (Wildman–Crippen MR) is 118 cm³/mol. The third-order valence-corrected chi connectivity index (χ3v) is 5.31. The quantitative estimate of drug-likeness (QED) is 0.361. The van der Waals surface area contributed by atoms with Gasteiger partial charge in [0.15, 0.2) is 0 Å². The summed E-state index contributed by atoms with van der Waals surface area (Å²) >= 11 is 0. The monoisotopic (exact) mass is 449 g/mol. The van der Waals surface area contributed by atoms with E-state index in [4.69, 9.17) is 18.4 Å². The molecule has 0 aliphatic rings. The summed E-state index contributed by atoms with van der Waals surface area (Å²) in [6.45, 7) is 5.40. The van der Waals surface area contributed by atoms with Crippen LogP contribution in [0.5, 0.6) is 5.75 Å². The van der Waals surface area contributed by atoms with Crippen LogP contribution in [0.4, 0.5) is 0 Å². The largest absolute Gasteiger partial charge is 0.488 e. The van der Waals surface area contributed by atoms with Crippen molar-refractivity contribution in [2.75, 3.05) is 7.11 Å². The van der Waals surface area contributed by atoms with Gasteiger partial charge in [-0.25, -0.2) is 9.59 Å². The molecule has 2 aromatic carbocycles. The first-order chi connectivity index (χ1) is 15.9. The number of aryl methyl sites for hydroxylation is 3. The van der Waals surface area contributed by atoms with E-state index in [1.54, 1.807) is 25.1 Å². The number of rotatable bonds is 7. The molecule has 4 aromatic rings. The summed E-state index contributed by atoms with van der Waals surface area (Å²) in [5, 5.41) is 5.73. The molecule has 2 heterocycles. The number of benzene rings is 2. The van der Waals surface area contributed by atoms with E-state index in [0.29, 0.717) is 22.8 Å². The molecule has 0 radical (unpaired) electrons. The van der Waals surface area contributed by atoms with Crippen molar-refractivity contribution in [3.63, 3.8) is 0 Å². The van der Waals surface area contributed by atoms with E-state index in [2.05, 4.69) is 9.89 Å². The van der Waals surface area contributed by atoms with Crippen molar-refractivity contribution in [1.82, 2.24) is 5.16 Å². The van der Waals surface area contributed by atoms with Crippen LogP contribution in [0, 0.1) is 20.8 Å². The molecule has 0 bridgehead atoms. The Morgan fingerprint density at radius 2 is 1.70 bits per heavy atom. The van der Waals surface area contributed by atoms with Crippen LogP contribution in [0.1, 0.15) is 49.3 Å². The minimum atomic E-state index is -0.588. The molecular formula is C25H23NO7. The number of nitrogens with zero attached hydrogens (tertiary/aromatic N) is 1. The van der Waals surface area contributed by atoms with Gasteiger partial charge in [-0.2, -0.15) is 0 Å². The Morgan fingerprint density at radius 3 is 2.36 bits per heavy atom. The number of ether oxygens (including phenoxy) is 3. The van der Waals surface area contributed by atoms with Gasteiger partial charge in [-0.3, -0.25) is 0 Å². The average Bonchev–Trinajstić information content (AvgIpc) is 3.35. The number of hydrogen-bond acceptors (Lipinski definition) is 8. The Labute approximate surface area is 190 Å². The summed E-state index contributed by atoms with van der Waals surface area (Å²) in [6, 6.07) is 12.8. The highest BCUT2D eigenvalue weighted by molar-refractivity contribution is 5.98. The minimum absolute atomic E-state index is 0.0812. The highest BCUT2D eigenvalue weighted by Gasteiger charge is 2.20. The molecule has 0 N–H and O–H groups in total. The van der Waals surface area contributed by atoms with Gasteiger partial charge >= 0.3 is 11.9 Å².